The van der Waals surface area contributed by atoms with Crippen molar-refractivity contribution in [1.82, 2.24) is 4.90 Å². The van der Waals surface area contributed by atoms with Gasteiger partial charge in [0.1, 0.15) is 0 Å². The number of piperidine rings is 1. The maximum atomic E-state index is 12.5. The molecule has 3 atom stereocenters. The van der Waals surface area contributed by atoms with E-state index in [2.05, 4.69) is 0 Å². The summed E-state index contributed by atoms with van der Waals surface area (Å²) in [5.74, 6) is 0.357. The smallest absolute Gasteiger partial charge is 0.235 e. The lowest BCUT2D eigenvalue weighted by atomic mass is 9.93. The third-order valence-electron chi connectivity index (χ3n) is 3.93. The Morgan fingerprint density at radius 1 is 1.38 bits per heavy atom. The Balaban J connectivity index is 1.93. The second-order valence-corrected chi connectivity index (χ2v) is 7.49. The lowest BCUT2D eigenvalue weighted by molar-refractivity contribution is -0.132. The number of aliphatic hydroxyl groups is 1. The number of halogens is 1. The Labute approximate surface area is 135 Å². The fourth-order valence-corrected chi connectivity index (χ4v) is 3.71. The summed E-state index contributed by atoms with van der Waals surface area (Å²) in [6.45, 7) is 5.22. The molecule has 1 aliphatic heterocycles. The molecule has 5 heteroatoms. The number of carbonyl (C=O) groups is 1. The molecule has 1 heterocycles. The molecule has 0 saturated carbocycles. The molecule has 1 fully saturated rings. The Morgan fingerprint density at radius 3 is 2.67 bits per heavy atom. The molecule has 1 aromatic rings. The van der Waals surface area contributed by atoms with Crippen molar-refractivity contribution in [2.24, 2.45) is 5.92 Å². The van der Waals surface area contributed by atoms with Crippen molar-refractivity contribution in [3.05, 3.63) is 29.3 Å². The lowest BCUT2D eigenvalue weighted by Crippen LogP contribution is -2.45. The van der Waals surface area contributed by atoms with Crippen molar-refractivity contribution >= 4 is 29.3 Å². The second-order valence-electron chi connectivity index (χ2n) is 5.64. The van der Waals surface area contributed by atoms with Gasteiger partial charge in [0, 0.05) is 28.9 Å². The van der Waals surface area contributed by atoms with Gasteiger partial charge in [-0.2, -0.15) is 0 Å². The van der Waals surface area contributed by atoms with E-state index in [1.807, 2.05) is 43.0 Å². The maximum Gasteiger partial charge on any atom is 0.235 e. The predicted octanol–water partition coefficient (Wildman–Crippen LogP) is 3.44. The van der Waals surface area contributed by atoms with Gasteiger partial charge in [-0.1, -0.05) is 11.6 Å². The third-order valence-corrected chi connectivity index (χ3v) is 5.28. The molecule has 0 aromatic heterocycles. The van der Waals surface area contributed by atoms with E-state index >= 15 is 0 Å². The number of likely N-dealkylation sites (tertiary alicyclic amines) is 1. The van der Waals surface area contributed by atoms with Gasteiger partial charge in [-0.15, -0.1) is 11.8 Å². The van der Waals surface area contributed by atoms with Crippen LogP contribution in [0.3, 0.4) is 0 Å². The van der Waals surface area contributed by atoms with Gasteiger partial charge in [0.25, 0.3) is 0 Å². The zero-order chi connectivity index (χ0) is 15.4. The van der Waals surface area contributed by atoms with Gasteiger partial charge < -0.3 is 10.0 Å². The lowest BCUT2D eigenvalue weighted by Gasteiger charge is -2.35. The van der Waals surface area contributed by atoms with E-state index in [9.17, 15) is 9.90 Å². The highest BCUT2D eigenvalue weighted by molar-refractivity contribution is 8.00. The van der Waals surface area contributed by atoms with Crippen LogP contribution in [0.4, 0.5) is 0 Å². The molecular formula is C16H22ClNO2S. The number of nitrogens with zero attached hydrogens (tertiary/aromatic N) is 1. The van der Waals surface area contributed by atoms with Gasteiger partial charge in [-0.3, -0.25) is 4.79 Å². The molecule has 0 bridgehead atoms. The van der Waals surface area contributed by atoms with Gasteiger partial charge in [-0.05, 0) is 51.0 Å². The van der Waals surface area contributed by atoms with E-state index in [0.29, 0.717) is 11.6 Å². The van der Waals surface area contributed by atoms with Gasteiger partial charge in [0.05, 0.1) is 11.4 Å². The van der Waals surface area contributed by atoms with Crippen molar-refractivity contribution in [3.8, 4) is 0 Å². The molecule has 21 heavy (non-hydrogen) atoms. The largest absolute Gasteiger partial charge is 0.393 e. The number of amides is 1. The fraction of sp³-hybridized carbons (Fsp3) is 0.562. The average molecular weight is 328 g/mol. The molecule has 1 N–H and O–H groups in total. The summed E-state index contributed by atoms with van der Waals surface area (Å²) in [7, 11) is 0. The monoisotopic (exact) mass is 327 g/mol. The molecule has 1 aromatic carbocycles. The molecule has 0 aliphatic carbocycles. The first-order chi connectivity index (χ1) is 9.97. The predicted molar refractivity (Wildman–Crippen MR) is 87.8 cm³/mol. The molecule has 3 nitrogen and oxygen atoms in total. The van der Waals surface area contributed by atoms with E-state index in [0.717, 1.165) is 24.3 Å². The number of rotatable bonds is 4. The molecule has 0 radical (unpaired) electrons. The first-order valence-corrected chi connectivity index (χ1v) is 8.62. The number of hydrogen-bond donors (Lipinski definition) is 1. The third kappa shape index (κ3) is 4.63. The molecule has 1 amide bonds. The summed E-state index contributed by atoms with van der Waals surface area (Å²) in [4.78, 5) is 15.5. The van der Waals surface area contributed by atoms with Gasteiger partial charge in [0.15, 0.2) is 0 Å². The van der Waals surface area contributed by atoms with Crippen molar-refractivity contribution in [1.29, 1.82) is 0 Å². The van der Waals surface area contributed by atoms with E-state index in [4.69, 9.17) is 11.6 Å². The van der Waals surface area contributed by atoms with Gasteiger partial charge in [-0.25, -0.2) is 0 Å². The first kappa shape index (κ1) is 16.7. The molecule has 0 spiro atoms. The van der Waals surface area contributed by atoms with Crippen LogP contribution in [0.15, 0.2) is 29.2 Å². The topological polar surface area (TPSA) is 40.5 Å². The minimum absolute atomic E-state index is 0.126. The number of hydrogen-bond acceptors (Lipinski definition) is 3. The fourth-order valence-electron chi connectivity index (χ4n) is 2.63. The van der Waals surface area contributed by atoms with Gasteiger partial charge in [0.2, 0.25) is 5.91 Å². The zero-order valence-corrected chi connectivity index (χ0v) is 14.0. The van der Waals surface area contributed by atoms with Crippen LogP contribution in [0.2, 0.25) is 5.02 Å². The first-order valence-electron chi connectivity index (χ1n) is 7.36. The normalized spacial score (nSPS) is 21.9. The molecule has 3 unspecified atom stereocenters. The van der Waals surface area contributed by atoms with Crippen molar-refractivity contribution < 1.29 is 9.90 Å². The molecule has 2 rings (SSSR count). The molecule has 116 valence electrons. The zero-order valence-electron chi connectivity index (χ0n) is 12.5. The van der Waals surface area contributed by atoms with Crippen LogP contribution in [0.25, 0.3) is 0 Å². The van der Waals surface area contributed by atoms with Gasteiger partial charge >= 0.3 is 0 Å². The Hall–Kier alpha value is -0.710. The Morgan fingerprint density at radius 2 is 2.05 bits per heavy atom. The van der Waals surface area contributed by atoms with Crippen LogP contribution < -0.4 is 0 Å². The highest BCUT2D eigenvalue weighted by atomic mass is 35.5. The SMILES string of the molecule is CC(Sc1ccc(Cl)cc1)C(=O)N1CCCC(C(C)O)C1. The van der Waals surface area contributed by atoms with Crippen LogP contribution in [0.1, 0.15) is 26.7 Å². The summed E-state index contributed by atoms with van der Waals surface area (Å²) in [6.07, 6.45) is 1.62. The minimum atomic E-state index is -0.347. The minimum Gasteiger partial charge on any atom is -0.393 e. The Bertz CT molecular complexity index is 478. The maximum absolute atomic E-state index is 12.5. The van der Waals surface area contributed by atoms with Crippen LogP contribution in [-0.2, 0) is 4.79 Å². The Kier molecular flexibility index (Phi) is 5.97. The summed E-state index contributed by atoms with van der Waals surface area (Å²) in [5.41, 5.74) is 0. The standard InChI is InChI=1S/C16H22ClNO2S/c1-11(19)13-4-3-9-18(10-13)16(20)12(2)21-15-7-5-14(17)6-8-15/h5-8,11-13,19H,3-4,9-10H2,1-2H3. The highest BCUT2D eigenvalue weighted by Crippen LogP contribution is 2.28. The van der Waals surface area contributed by atoms with Crippen molar-refractivity contribution in [2.45, 2.75) is 42.9 Å². The van der Waals surface area contributed by atoms with E-state index in [1.54, 1.807) is 11.8 Å². The molecule has 1 aliphatic rings. The molecule has 1 saturated heterocycles. The molecular weight excluding hydrogens is 306 g/mol. The highest BCUT2D eigenvalue weighted by Gasteiger charge is 2.29. The quantitative estimate of drug-likeness (QED) is 0.861. The van der Waals surface area contributed by atoms with Crippen LogP contribution >= 0.6 is 23.4 Å². The number of carbonyl (C=O) groups excluding carboxylic acids is 1. The number of benzene rings is 1. The number of thioether (sulfide) groups is 1. The summed E-state index contributed by atoms with van der Waals surface area (Å²) in [5, 5.41) is 10.3. The summed E-state index contributed by atoms with van der Waals surface area (Å²) >= 11 is 7.42. The summed E-state index contributed by atoms with van der Waals surface area (Å²) < 4.78 is 0. The second kappa shape index (κ2) is 7.52. The average Bonchev–Trinajstić information content (AvgIpc) is 2.49. The van der Waals surface area contributed by atoms with E-state index < -0.39 is 0 Å². The van der Waals surface area contributed by atoms with E-state index in [1.165, 1.54) is 0 Å². The van der Waals surface area contributed by atoms with Crippen LogP contribution in [-0.4, -0.2) is 40.4 Å². The van der Waals surface area contributed by atoms with Crippen molar-refractivity contribution in [3.63, 3.8) is 0 Å². The number of aliphatic hydroxyl groups excluding tert-OH is 1. The van der Waals surface area contributed by atoms with Crippen molar-refractivity contribution in [2.75, 3.05) is 13.1 Å². The van der Waals surface area contributed by atoms with Crippen LogP contribution in [0, 0.1) is 5.92 Å². The van der Waals surface area contributed by atoms with E-state index in [-0.39, 0.29) is 23.2 Å². The van der Waals surface area contributed by atoms with Crippen LogP contribution in [0.5, 0.6) is 0 Å². The summed E-state index contributed by atoms with van der Waals surface area (Å²) in [6, 6.07) is 7.55.